The van der Waals surface area contributed by atoms with E-state index in [1.807, 2.05) is 42.5 Å². The molecule has 0 saturated carbocycles. The summed E-state index contributed by atoms with van der Waals surface area (Å²) < 4.78 is 12.0. The van der Waals surface area contributed by atoms with Crippen LogP contribution in [0.4, 0.5) is 0 Å². The molecule has 3 rings (SSSR count). The Bertz CT molecular complexity index is 1100. The summed E-state index contributed by atoms with van der Waals surface area (Å²) in [6.45, 7) is 12.8. The van der Waals surface area contributed by atoms with Crippen LogP contribution in [0.25, 0.3) is 11.3 Å². The van der Waals surface area contributed by atoms with E-state index in [4.69, 9.17) is 19.6 Å². The van der Waals surface area contributed by atoms with Gasteiger partial charge >= 0.3 is 5.97 Å². The van der Waals surface area contributed by atoms with Crippen LogP contribution in [0.2, 0.25) is 0 Å². The van der Waals surface area contributed by atoms with Crippen LogP contribution in [0.3, 0.4) is 0 Å². The van der Waals surface area contributed by atoms with E-state index in [1.165, 1.54) is 0 Å². The Kier molecular flexibility index (Phi) is 10.3. The molecule has 0 spiro atoms. The minimum atomic E-state index is -0.785. The number of aromatic nitrogens is 1. The van der Waals surface area contributed by atoms with E-state index < -0.39 is 5.97 Å². The molecule has 0 saturated heterocycles. The van der Waals surface area contributed by atoms with Crippen molar-refractivity contribution in [2.45, 2.75) is 53.6 Å². The third-order valence-electron chi connectivity index (χ3n) is 6.30. The zero-order valence-corrected chi connectivity index (χ0v) is 21.9. The highest BCUT2D eigenvalue weighted by atomic mass is 16.5. The molecule has 6 heteroatoms. The Morgan fingerprint density at radius 1 is 0.944 bits per heavy atom. The highest BCUT2D eigenvalue weighted by molar-refractivity contribution is 5.69. The van der Waals surface area contributed by atoms with Crippen molar-refractivity contribution in [2.24, 2.45) is 0 Å². The van der Waals surface area contributed by atoms with Gasteiger partial charge in [0.2, 0.25) is 5.88 Å². The maximum absolute atomic E-state index is 10.7. The summed E-state index contributed by atoms with van der Waals surface area (Å²) in [5.41, 5.74) is 6.23. The monoisotopic (exact) mass is 490 g/mol. The molecule has 0 aliphatic rings. The van der Waals surface area contributed by atoms with Crippen LogP contribution in [0.15, 0.2) is 54.6 Å². The topological polar surface area (TPSA) is 71.9 Å². The lowest BCUT2D eigenvalue weighted by atomic mass is 9.99. The molecule has 1 N–H and O–H groups in total. The molecule has 0 unspecified atom stereocenters. The molecule has 1 aromatic heterocycles. The molecule has 2 aromatic carbocycles. The molecule has 6 nitrogen and oxygen atoms in total. The smallest absolute Gasteiger partial charge is 0.303 e. The predicted octanol–water partition coefficient (Wildman–Crippen LogP) is 6.07. The number of aliphatic carboxylic acids is 1. The highest BCUT2D eigenvalue weighted by Gasteiger charge is 2.11. The van der Waals surface area contributed by atoms with Crippen LogP contribution in [0, 0.1) is 13.8 Å². The number of pyridine rings is 1. The number of carboxylic acid groups (broad SMARTS) is 1. The molecule has 0 amide bonds. The van der Waals surface area contributed by atoms with Gasteiger partial charge in [-0.15, -0.1) is 0 Å². The molecule has 1 heterocycles. The summed E-state index contributed by atoms with van der Waals surface area (Å²) in [5.74, 6) is 0.678. The van der Waals surface area contributed by atoms with E-state index in [9.17, 15) is 4.79 Å². The SMILES string of the molecule is CCN(CC)CCCOc1cc(C)c(-c2cccc(OCc3ccc(CCC(=O)O)cc3)n2)c(C)c1. The Morgan fingerprint density at radius 3 is 2.25 bits per heavy atom. The van der Waals surface area contributed by atoms with Gasteiger partial charge in [-0.2, -0.15) is 0 Å². The minimum absolute atomic E-state index is 0.134. The fourth-order valence-electron chi connectivity index (χ4n) is 4.27. The number of ether oxygens (including phenoxy) is 2. The molecule has 3 aromatic rings. The first-order chi connectivity index (χ1) is 17.4. The molecule has 0 atom stereocenters. The van der Waals surface area contributed by atoms with E-state index in [1.54, 1.807) is 0 Å². The minimum Gasteiger partial charge on any atom is -0.494 e. The molecule has 36 heavy (non-hydrogen) atoms. The van der Waals surface area contributed by atoms with Crippen LogP contribution in [-0.2, 0) is 17.8 Å². The maximum Gasteiger partial charge on any atom is 0.303 e. The van der Waals surface area contributed by atoms with E-state index in [0.717, 1.165) is 65.3 Å². The highest BCUT2D eigenvalue weighted by Crippen LogP contribution is 2.31. The first-order valence-electron chi connectivity index (χ1n) is 12.8. The summed E-state index contributed by atoms with van der Waals surface area (Å²) in [6.07, 6.45) is 1.67. The van der Waals surface area contributed by atoms with Gasteiger partial charge in [0.15, 0.2) is 0 Å². The fourth-order valence-corrected chi connectivity index (χ4v) is 4.27. The van der Waals surface area contributed by atoms with Crippen LogP contribution in [0.1, 0.15) is 48.9 Å². The first kappa shape index (κ1) is 27.2. The van der Waals surface area contributed by atoms with Crippen molar-refractivity contribution in [1.82, 2.24) is 9.88 Å². The molecule has 0 radical (unpaired) electrons. The fraction of sp³-hybridized carbons (Fsp3) is 0.400. The second kappa shape index (κ2) is 13.6. The van der Waals surface area contributed by atoms with Gasteiger partial charge < -0.3 is 19.5 Å². The lowest BCUT2D eigenvalue weighted by molar-refractivity contribution is -0.136. The summed E-state index contributed by atoms with van der Waals surface area (Å²) >= 11 is 0. The molecular formula is C30H38N2O4. The van der Waals surface area contributed by atoms with Crippen molar-refractivity contribution in [1.29, 1.82) is 0 Å². The normalized spacial score (nSPS) is 11.0. The second-order valence-electron chi connectivity index (χ2n) is 9.02. The Hall–Kier alpha value is -3.38. The summed E-state index contributed by atoms with van der Waals surface area (Å²) in [7, 11) is 0. The van der Waals surface area contributed by atoms with Crippen LogP contribution in [0.5, 0.6) is 11.6 Å². The Labute approximate surface area is 214 Å². The zero-order chi connectivity index (χ0) is 25.9. The third-order valence-corrected chi connectivity index (χ3v) is 6.30. The molecular weight excluding hydrogens is 452 g/mol. The van der Waals surface area contributed by atoms with Crippen molar-refractivity contribution < 1.29 is 19.4 Å². The average molecular weight is 491 g/mol. The number of hydrogen-bond acceptors (Lipinski definition) is 5. The van der Waals surface area contributed by atoms with Crippen molar-refractivity contribution in [2.75, 3.05) is 26.2 Å². The van der Waals surface area contributed by atoms with E-state index >= 15 is 0 Å². The van der Waals surface area contributed by atoms with E-state index in [2.05, 4.69) is 44.7 Å². The molecule has 0 fully saturated rings. The van der Waals surface area contributed by atoms with Crippen LogP contribution < -0.4 is 9.47 Å². The number of carbonyl (C=O) groups is 1. The number of aryl methyl sites for hydroxylation is 3. The lowest BCUT2D eigenvalue weighted by Crippen LogP contribution is -2.25. The third kappa shape index (κ3) is 8.09. The molecule has 0 aliphatic carbocycles. The molecule has 0 bridgehead atoms. The van der Waals surface area contributed by atoms with Gasteiger partial charge in [0.1, 0.15) is 12.4 Å². The molecule has 192 valence electrons. The van der Waals surface area contributed by atoms with Gasteiger partial charge in [-0.3, -0.25) is 4.79 Å². The summed E-state index contributed by atoms with van der Waals surface area (Å²) in [5, 5.41) is 8.83. The van der Waals surface area contributed by atoms with Crippen LogP contribution in [-0.4, -0.2) is 47.2 Å². The predicted molar refractivity (Wildman–Crippen MR) is 144 cm³/mol. The van der Waals surface area contributed by atoms with Crippen molar-refractivity contribution in [3.8, 4) is 22.9 Å². The number of carboxylic acids is 1. The lowest BCUT2D eigenvalue weighted by Gasteiger charge is -2.18. The zero-order valence-electron chi connectivity index (χ0n) is 21.9. The average Bonchev–Trinajstić information content (AvgIpc) is 2.87. The number of hydrogen-bond donors (Lipinski definition) is 1. The van der Waals surface area contributed by atoms with Gasteiger partial charge in [0.25, 0.3) is 0 Å². The largest absolute Gasteiger partial charge is 0.494 e. The summed E-state index contributed by atoms with van der Waals surface area (Å²) in [4.78, 5) is 17.9. The van der Waals surface area contributed by atoms with Crippen molar-refractivity contribution in [3.05, 3.63) is 76.9 Å². The Morgan fingerprint density at radius 2 is 1.61 bits per heavy atom. The van der Waals surface area contributed by atoms with Crippen LogP contribution >= 0.6 is 0 Å². The van der Waals surface area contributed by atoms with Gasteiger partial charge in [-0.25, -0.2) is 4.98 Å². The molecule has 0 aliphatic heterocycles. The summed E-state index contributed by atoms with van der Waals surface area (Å²) in [6, 6.07) is 17.8. The second-order valence-corrected chi connectivity index (χ2v) is 9.02. The van der Waals surface area contributed by atoms with Crippen molar-refractivity contribution >= 4 is 5.97 Å². The Balaban J connectivity index is 1.61. The first-order valence-corrected chi connectivity index (χ1v) is 12.8. The van der Waals surface area contributed by atoms with E-state index in [-0.39, 0.29) is 6.42 Å². The van der Waals surface area contributed by atoms with Gasteiger partial charge in [0.05, 0.1) is 12.3 Å². The number of nitrogens with zero attached hydrogens (tertiary/aromatic N) is 2. The number of benzene rings is 2. The standard InChI is InChI=1S/C30H38N2O4/c1-5-32(6-2)17-8-18-35-26-19-22(3)30(23(4)20-26)27-9-7-10-28(31-27)36-21-25-13-11-24(12-14-25)15-16-29(33)34/h7,9-14,19-20H,5-6,8,15-18,21H2,1-4H3,(H,33,34). The maximum atomic E-state index is 10.7. The van der Waals surface area contributed by atoms with Gasteiger partial charge in [-0.1, -0.05) is 44.2 Å². The van der Waals surface area contributed by atoms with E-state index in [0.29, 0.717) is 25.5 Å². The van der Waals surface area contributed by atoms with Gasteiger partial charge in [0, 0.05) is 24.6 Å². The van der Waals surface area contributed by atoms with Gasteiger partial charge in [-0.05, 0) is 80.2 Å². The number of rotatable bonds is 14. The van der Waals surface area contributed by atoms with Crippen molar-refractivity contribution in [3.63, 3.8) is 0 Å². The quantitative estimate of drug-likeness (QED) is 0.277.